The number of aromatic nitrogens is 5. The highest BCUT2D eigenvalue weighted by Crippen LogP contribution is 2.37. The van der Waals surface area contributed by atoms with E-state index >= 15 is 0 Å². The van der Waals surface area contributed by atoms with Crippen LogP contribution in [0.4, 0.5) is 17.5 Å². The number of hydrogen-bond acceptors (Lipinski definition) is 7. The molecule has 0 spiro atoms. The van der Waals surface area contributed by atoms with Gasteiger partial charge in [-0.1, -0.05) is 12.1 Å². The summed E-state index contributed by atoms with van der Waals surface area (Å²) in [6, 6.07) is 18.5. The van der Waals surface area contributed by atoms with Crippen LogP contribution in [0.5, 0.6) is 0 Å². The molecule has 0 fully saturated rings. The number of fused-ring (bicyclic) bond motifs is 2. The molecular weight excluding hydrogens is 438 g/mol. The van der Waals surface area contributed by atoms with Crippen molar-refractivity contribution in [3.8, 4) is 22.6 Å². The van der Waals surface area contributed by atoms with Gasteiger partial charge in [-0.25, -0.2) is 15.0 Å². The highest BCUT2D eigenvalue weighted by Gasteiger charge is 2.17. The van der Waals surface area contributed by atoms with Crippen molar-refractivity contribution in [1.29, 1.82) is 0 Å². The van der Waals surface area contributed by atoms with Crippen LogP contribution >= 0.6 is 0 Å². The Labute approximate surface area is 201 Å². The van der Waals surface area contributed by atoms with Crippen molar-refractivity contribution < 1.29 is 4.42 Å². The van der Waals surface area contributed by atoms with Crippen LogP contribution in [-0.2, 0) is 7.05 Å². The molecule has 3 aromatic carbocycles. The molecule has 0 unspecified atom stereocenters. The normalized spacial score (nSPS) is 11.3. The number of oxazole rings is 1. The second kappa shape index (κ2) is 8.25. The predicted octanol–water partition coefficient (Wildman–Crippen LogP) is 5.93. The molecule has 35 heavy (non-hydrogen) atoms. The Bertz CT molecular complexity index is 1670. The van der Waals surface area contributed by atoms with Crippen LogP contribution in [0.15, 0.2) is 77.7 Å². The van der Waals surface area contributed by atoms with E-state index in [9.17, 15) is 0 Å². The highest BCUT2D eigenvalue weighted by molar-refractivity contribution is 6.03. The molecule has 6 aromatic rings. The van der Waals surface area contributed by atoms with Crippen LogP contribution < -0.4 is 10.6 Å². The van der Waals surface area contributed by atoms with Gasteiger partial charge in [-0.3, -0.25) is 4.68 Å². The quantitative estimate of drug-likeness (QED) is 0.328. The molecule has 0 aliphatic heterocycles. The molecule has 0 radical (unpaired) electrons. The summed E-state index contributed by atoms with van der Waals surface area (Å²) >= 11 is 0. The summed E-state index contributed by atoms with van der Waals surface area (Å²) in [7, 11) is 3.80. The zero-order valence-corrected chi connectivity index (χ0v) is 19.6. The van der Waals surface area contributed by atoms with Crippen LogP contribution in [0, 0.1) is 6.92 Å². The lowest BCUT2D eigenvalue weighted by Crippen LogP contribution is -1.97. The first kappa shape index (κ1) is 20.9. The van der Waals surface area contributed by atoms with Gasteiger partial charge < -0.3 is 15.1 Å². The minimum Gasteiger partial charge on any atom is -0.445 e. The fourth-order valence-corrected chi connectivity index (χ4v) is 4.44. The average Bonchev–Trinajstić information content (AvgIpc) is 3.53. The first-order chi connectivity index (χ1) is 17.1. The molecular formula is C27H23N7O. The van der Waals surface area contributed by atoms with Gasteiger partial charge in [0.2, 0.25) is 11.8 Å². The maximum Gasteiger partial charge on any atom is 0.225 e. The lowest BCUT2D eigenvalue weighted by molar-refractivity contribution is 0.574. The lowest BCUT2D eigenvalue weighted by atomic mass is 9.96. The largest absolute Gasteiger partial charge is 0.445 e. The fraction of sp³-hybridized carbons (Fsp3) is 0.111. The Morgan fingerprint density at radius 2 is 1.77 bits per heavy atom. The Hall–Kier alpha value is -4.72. The number of aryl methyl sites for hydroxylation is 2. The van der Waals surface area contributed by atoms with Gasteiger partial charge in [0.1, 0.15) is 6.26 Å². The molecule has 8 heteroatoms. The molecule has 8 nitrogen and oxygen atoms in total. The number of benzene rings is 3. The second-order valence-corrected chi connectivity index (χ2v) is 8.38. The maximum absolute atomic E-state index is 5.39. The SMILES string of the molecule is CNc1ncc2cc(-c3c(C)ccc4c(Nc5ccc(-c6ncco6)cc5)nn(C)c34)ccc2n1. The van der Waals surface area contributed by atoms with Crippen molar-refractivity contribution in [3.05, 3.63) is 78.8 Å². The first-order valence-corrected chi connectivity index (χ1v) is 11.3. The smallest absolute Gasteiger partial charge is 0.225 e. The van der Waals surface area contributed by atoms with E-state index < -0.39 is 0 Å². The van der Waals surface area contributed by atoms with Crippen LogP contribution in [0.1, 0.15) is 5.56 Å². The zero-order chi connectivity index (χ0) is 23.9. The molecule has 6 rings (SSSR count). The summed E-state index contributed by atoms with van der Waals surface area (Å²) in [5.41, 5.74) is 7.25. The van der Waals surface area contributed by atoms with Crippen LogP contribution in [0.25, 0.3) is 44.4 Å². The van der Waals surface area contributed by atoms with Gasteiger partial charge in [-0.05, 0) is 60.5 Å². The van der Waals surface area contributed by atoms with Crippen LogP contribution in [0.3, 0.4) is 0 Å². The Kier molecular flexibility index (Phi) is 4.92. The predicted molar refractivity (Wildman–Crippen MR) is 139 cm³/mol. The second-order valence-electron chi connectivity index (χ2n) is 8.38. The molecule has 0 saturated heterocycles. The zero-order valence-electron chi connectivity index (χ0n) is 19.6. The van der Waals surface area contributed by atoms with E-state index in [0.717, 1.165) is 50.0 Å². The van der Waals surface area contributed by atoms with Gasteiger partial charge in [0.05, 0.1) is 17.2 Å². The summed E-state index contributed by atoms with van der Waals surface area (Å²) in [6.45, 7) is 2.13. The van der Waals surface area contributed by atoms with E-state index in [2.05, 4.69) is 56.8 Å². The summed E-state index contributed by atoms with van der Waals surface area (Å²) < 4.78 is 7.32. The van der Waals surface area contributed by atoms with E-state index in [1.54, 1.807) is 12.5 Å². The van der Waals surface area contributed by atoms with Gasteiger partial charge in [0, 0.05) is 47.9 Å². The highest BCUT2D eigenvalue weighted by atomic mass is 16.3. The number of nitrogens with zero attached hydrogens (tertiary/aromatic N) is 5. The van der Waals surface area contributed by atoms with E-state index in [1.165, 1.54) is 5.56 Å². The first-order valence-electron chi connectivity index (χ1n) is 11.3. The Morgan fingerprint density at radius 3 is 2.54 bits per heavy atom. The van der Waals surface area contributed by atoms with Crippen molar-refractivity contribution in [2.75, 3.05) is 17.7 Å². The van der Waals surface area contributed by atoms with Gasteiger partial charge in [-0.15, -0.1) is 0 Å². The minimum atomic E-state index is 0.600. The molecule has 2 N–H and O–H groups in total. The Balaban J connectivity index is 1.40. The summed E-state index contributed by atoms with van der Waals surface area (Å²) in [5.74, 6) is 2.01. The van der Waals surface area contributed by atoms with E-state index in [4.69, 9.17) is 9.52 Å². The minimum absolute atomic E-state index is 0.600. The monoisotopic (exact) mass is 461 g/mol. The molecule has 0 saturated carbocycles. The number of nitrogens with one attached hydrogen (secondary N) is 2. The third-order valence-corrected chi connectivity index (χ3v) is 6.13. The number of rotatable bonds is 5. The maximum atomic E-state index is 5.39. The summed E-state index contributed by atoms with van der Waals surface area (Å²) in [6.07, 6.45) is 5.07. The Morgan fingerprint density at radius 1 is 0.943 bits per heavy atom. The van der Waals surface area contributed by atoms with Crippen LogP contribution in [0.2, 0.25) is 0 Å². The molecule has 3 heterocycles. The van der Waals surface area contributed by atoms with Crippen molar-refractivity contribution in [2.24, 2.45) is 7.05 Å². The number of anilines is 3. The summed E-state index contributed by atoms with van der Waals surface area (Å²) in [4.78, 5) is 13.1. The molecule has 0 bridgehead atoms. The topological polar surface area (TPSA) is 93.7 Å². The fourth-order valence-electron chi connectivity index (χ4n) is 4.44. The van der Waals surface area contributed by atoms with E-state index in [0.29, 0.717) is 11.8 Å². The molecule has 3 aromatic heterocycles. The number of hydrogen-bond donors (Lipinski definition) is 2. The van der Waals surface area contributed by atoms with Crippen molar-refractivity contribution in [1.82, 2.24) is 24.7 Å². The third-order valence-electron chi connectivity index (χ3n) is 6.13. The summed E-state index contributed by atoms with van der Waals surface area (Å²) in [5, 5.41) is 13.3. The molecule has 0 aliphatic carbocycles. The average molecular weight is 462 g/mol. The van der Waals surface area contributed by atoms with Crippen molar-refractivity contribution >= 4 is 39.3 Å². The molecule has 0 atom stereocenters. The van der Waals surface area contributed by atoms with E-state index in [1.807, 2.05) is 55.3 Å². The van der Waals surface area contributed by atoms with Gasteiger partial charge in [0.15, 0.2) is 5.82 Å². The van der Waals surface area contributed by atoms with Gasteiger partial charge >= 0.3 is 0 Å². The molecule has 172 valence electrons. The van der Waals surface area contributed by atoms with Gasteiger partial charge in [0.25, 0.3) is 0 Å². The molecule has 0 amide bonds. The van der Waals surface area contributed by atoms with Gasteiger partial charge in [-0.2, -0.15) is 5.10 Å². The van der Waals surface area contributed by atoms with Crippen LogP contribution in [-0.4, -0.2) is 31.8 Å². The third kappa shape index (κ3) is 3.65. The van der Waals surface area contributed by atoms with E-state index in [-0.39, 0.29) is 0 Å². The lowest BCUT2D eigenvalue weighted by Gasteiger charge is -2.11. The van der Waals surface area contributed by atoms with Crippen molar-refractivity contribution in [2.45, 2.75) is 6.92 Å². The molecule has 0 aliphatic rings. The van der Waals surface area contributed by atoms with Crippen molar-refractivity contribution in [3.63, 3.8) is 0 Å². The standard InChI is InChI=1S/C27H23N7O/c1-16-4-10-21-24(23(16)18-7-11-22-19(14-18)15-30-27(28-2)32-22)34(3)33-25(21)31-20-8-5-17(6-9-20)26-29-12-13-35-26/h4-15H,1-3H3,(H,31,33)(H,28,30,32).